The summed E-state index contributed by atoms with van der Waals surface area (Å²) in [6.07, 6.45) is 0. The Morgan fingerprint density at radius 1 is 1.05 bits per heavy atom. The van der Waals surface area contributed by atoms with Gasteiger partial charge in [0.15, 0.2) is 0 Å². The predicted molar refractivity (Wildman–Crippen MR) is 79.4 cm³/mol. The third kappa shape index (κ3) is 3.68. The second-order valence-corrected chi connectivity index (χ2v) is 4.75. The van der Waals surface area contributed by atoms with Gasteiger partial charge in [0, 0.05) is 5.56 Å². The highest BCUT2D eigenvalue weighted by Crippen LogP contribution is 2.12. The molecule has 2 aromatic carbocycles. The van der Waals surface area contributed by atoms with Gasteiger partial charge in [0.2, 0.25) is 0 Å². The summed E-state index contributed by atoms with van der Waals surface area (Å²) in [6.45, 7) is 6.65. The van der Waals surface area contributed by atoms with E-state index in [0.717, 1.165) is 16.8 Å². The SMILES string of the molecule is CC(=NOCc1ccccc1)c1cc(C)ccc1C. The Kier molecular flexibility index (Phi) is 4.35. The van der Waals surface area contributed by atoms with Crippen LogP contribution < -0.4 is 0 Å². The largest absolute Gasteiger partial charge is 0.391 e. The van der Waals surface area contributed by atoms with Crippen molar-refractivity contribution in [3.05, 3.63) is 70.8 Å². The normalized spacial score (nSPS) is 11.4. The third-order valence-electron chi connectivity index (χ3n) is 3.06. The molecule has 0 spiro atoms. The van der Waals surface area contributed by atoms with Crippen LogP contribution in [0.25, 0.3) is 0 Å². The first kappa shape index (κ1) is 13.3. The van der Waals surface area contributed by atoms with Gasteiger partial charge < -0.3 is 4.84 Å². The van der Waals surface area contributed by atoms with E-state index in [1.165, 1.54) is 11.1 Å². The van der Waals surface area contributed by atoms with Gasteiger partial charge in [0.05, 0.1) is 5.71 Å². The van der Waals surface area contributed by atoms with Crippen LogP contribution >= 0.6 is 0 Å². The smallest absolute Gasteiger partial charge is 0.142 e. The van der Waals surface area contributed by atoms with Gasteiger partial charge in [-0.3, -0.25) is 0 Å². The lowest BCUT2D eigenvalue weighted by molar-refractivity contribution is 0.130. The predicted octanol–water partition coefficient (Wildman–Crippen LogP) is 4.24. The number of rotatable bonds is 4. The molecule has 0 fully saturated rings. The standard InChI is InChI=1S/C17H19NO/c1-13-9-10-14(2)17(11-13)15(3)18-19-12-16-7-5-4-6-8-16/h4-11H,12H2,1-3H3. The molecule has 0 N–H and O–H groups in total. The lowest BCUT2D eigenvalue weighted by Gasteiger charge is -2.07. The number of hydrogen-bond donors (Lipinski definition) is 0. The molecule has 0 amide bonds. The van der Waals surface area contributed by atoms with Crippen molar-refractivity contribution in [2.24, 2.45) is 5.16 Å². The van der Waals surface area contributed by atoms with Gasteiger partial charge in [0.25, 0.3) is 0 Å². The summed E-state index contributed by atoms with van der Waals surface area (Å²) in [5, 5.41) is 4.21. The van der Waals surface area contributed by atoms with Crippen LogP contribution in [0.2, 0.25) is 0 Å². The van der Waals surface area contributed by atoms with E-state index in [1.807, 2.05) is 37.3 Å². The van der Waals surface area contributed by atoms with Gasteiger partial charge in [0.1, 0.15) is 6.61 Å². The van der Waals surface area contributed by atoms with Crippen molar-refractivity contribution in [1.29, 1.82) is 0 Å². The summed E-state index contributed by atoms with van der Waals surface area (Å²) < 4.78 is 0. The zero-order chi connectivity index (χ0) is 13.7. The van der Waals surface area contributed by atoms with E-state index in [1.54, 1.807) is 0 Å². The first-order valence-electron chi connectivity index (χ1n) is 6.45. The van der Waals surface area contributed by atoms with E-state index in [4.69, 9.17) is 4.84 Å². The van der Waals surface area contributed by atoms with Crippen LogP contribution in [-0.4, -0.2) is 5.71 Å². The second-order valence-electron chi connectivity index (χ2n) is 4.75. The Morgan fingerprint density at radius 3 is 2.53 bits per heavy atom. The van der Waals surface area contributed by atoms with Gasteiger partial charge in [-0.05, 0) is 38.0 Å². The highest BCUT2D eigenvalue weighted by molar-refractivity contribution is 5.99. The van der Waals surface area contributed by atoms with Crippen LogP contribution in [0.3, 0.4) is 0 Å². The molecule has 2 heteroatoms. The number of oxime groups is 1. The maximum Gasteiger partial charge on any atom is 0.142 e. The number of aryl methyl sites for hydroxylation is 2. The Labute approximate surface area is 114 Å². The zero-order valence-corrected chi connectivity index (χ0v) is 11.7. The van der Waals surface area contributed by atoms with Crippen LogP contribution in [0.4, 0.5) is 0 Å². The molecule has 2 rings (SSSR count). The van der Waals surface area contributed by atoms with E-state index < -0.39 is 0 Å². The Hall–Kier alpha value is -2.09. The topological polar surface area (TPSA) is 21.6 Å². The maximum atomic E-state index is 5.42. The van der Waals surface area contributed by atoms with Crippen molar-refractivity contribution in [2.45, 2.75) is 27.4 Å². The van der Waals surface area contributed by atoms with Gasteiger partial charge in [-0.2, -0.15) is 0 Å². The summed E-state index contributed by atoms with van der Waals surface area (Å²) in [5.41, 5.74) is 5.64. The fourth-order valence-corrected chi connectivity index (χ4v) is 1.95. The number of hydrogen-bond acceptors (Lipinski definition) is 2. The summed E-state index contributed by atoms with van der Waals surface area (Å²) >= 11 is 0. The van der Waals surface area contributed by atoms with Crippen molar-refractivity contribution in [3.63, 3.8) is 0 Å². The van der Waals surface area contributed by atoms with Crippen molar-refractivity contribution >= 4 is 5.71 Å². The van der Waals surface area contributed by atoms with E-state index in [0.29, 0.717) is 6.61 Å². The molecule has 0 radical (unpaired) electrons. The van der Waals surface area contributed by atoms with Gasteiger partial charge >= 0.3 is 0 Å². The molecule has 98 valence electrons. The Balaban J connectivity index is 2.05. The number of nitrogens with zero attached hydrogens (tertiary/aromatic N) is 1. The van der Waals surface area contributed by atoms with Gasteiger partial charge in [-0.1, -0.05) is 53.2 Å². The molecular weight excluding hydrogens is 234 g/mol. The lowest BCUT2D eigenvalue weighted by atomic mass is 10.0. The molecule has 0 bridgehead atoms. The van der Waals surface area contributed by atoms with Crippen molar-refractivity contribution in [3.8, 4) is 0 Å². The fourth-order valence-electron chi connectivity index (χ4n) is 1.95. The maximum absolute atomic E-state index is 5.42. The van der Waals surface area contributed by atoms with Gasteiger partial charge in [-0.25, -0.2) is 0 Å². The molecule has 2 aromatic rings. The van der Waals surface area contributed by atoms with E-state index in [9.17, 15) is 0 Å². The van der Waals surface area contributed by atoms with Crippen LogP contribution in [-0.2, 0) is 11.4 Å². The lowest BCUT2D eigenvalue weighted by Crippen LogP contribution is -2.00. The van der Waals surface area contributed by atoms with Crippen LogP contribution in [0.1, 0.15) is 29.2 Å². The molecule has 0 aromatic heterocycles. The summed E-state index contributed by atoms with van der Waals surface area (Å²) in [4.78, 5) is 5.42. The third-order valence-corrected chi connectivity index (χ3v) is 3.06. The highest BCUT2D eigenvalue weighted by atomic mass is 16.6. The van der Waals surface area contributed by atoms with E-state index >= 15 is 0 Å². The first-order chi connectivity index (χ1) is 9.16. The van der Waals surface area contributed by atoms with E-state index in [2.05, 4.69) is 37.2 Å². The molecular formula is C17H19NO. The quantitative estimate of drug-likeness (QED) is 0.590. The number of benzene rings is 2. The van der Waals surface area contributed by atoms with Crippen LogP contribution in [0, 0.1) is 13.8 Å². The van der Waals surface area contributed by atoms with E-state index in [-0.39, 0.29) is 0 Å². The van der Waals surface area contributed by atoms with Crippen molar-refractivity contribution in [1.82, 2.24) is 0 Å². The average Bonchev–Trinajstić information content (AvgIpc) is 2.42. The first-order valence-corrected chi connectivity index (χ1v) is 6.45. The summed E-state index contributed by atoms with van der Waals surface area (Å²) in [7, 11) is 0. The zero-order valence-electron chi connectivity index (χ0n) is 11.7. The molecule has 19 heavy (non-hydrogen) atoms. The minimum atomic E-state index is 0.503. The van der Waals surface area contributed by atoms with Crippen molar-refractivity contribution in [2.75, 3.05) is 0 Å². The molecule has 2 nitrogen and oxygen atoms in total. The molecule has 0 heterocycles. The monoisotopic (exact) mass is 253 g/mol. The van der Waals surface area contributed by atoms with Gasteiger partial charge in [-0.15, -0.1) is 0 Å². The fraction of sp³-hybridized carbons (Fsp3) is 0.235. The summed E-state index contributed by atoms with van der Waals surface area (Å²) in [5.74, 6) is 0. The summed E-state index contributed by atoms with van der Waals surface area (Å²) in [6, 6.07) is 16.4. The second kappa shape index (κ2) is 6.19. The van der Waals surface area contributed by atoms with Crippen LogP contribution in [0.15, 0.2) is 53.7 Å². The highest BCUT2D eigenvalue weighted by Gasteiger charge is 2.03. The molecule has 0 saturated carbocycles. The average molecular weight is 253 g/mol. The minimum Gasteiger partial charge on any atom is -0.391 e. The molecule has 0 unspecified atom stereocenters. The Bertz CT molecular complexity index is 573. The minimum absolute atomic E-state index is 0.503. The molecule has 0 atom stereocenters. The molecule has 0 aliphatic rings. The molecule has 0 aliphatic heterocycles. The Morgan fingerprint density at radius 2 is 1.79 bits per heavy atom. The molecule has 0 aliphatic carbocycles. The van der Waals surface area contributed by atoms with Crippen molar-refractivity contribution < 1.29 is 4.84 Å². The van der Waals surface area contributed by atoms with Crippen LogP contribution in [0.5, 0.6) is 0 Å². The molecule has 0 saturated heterocycles.